The summed E-state index contributed by atoms with van der Waals surface area (Å²) >= 11 is 0. The molecule has 3 nitrogen and oxygen atoms in total. The predicted octanol–water partition coefficient (Wildman–Crippen LogP) is 4.08. The number of hydrogen-bond acceptors (Lipinski definition) is 2. The van der Waals surface area contributed by atoms with Crippen molar-refractivity contribution in [2.75, 3.05) is 26.7 Å². The van der Waals surface area contributed by atoms with E-state index in [1.54, 1.807) is 7.11 Å². The molecular formula is C17H21F3N2O. The van der Waals surface area contributed by atoms with Crippen molar-refractivity contribution in [2.45, 2.75) is 19.5 Å². The number of benzene rings is 1. The highest BCUT2D eigenvalue weighted by Crippen LogP contribution is 2.27. The van der Waals surface area contributed by atoms with E-state index in [1.165, 1.54) is 11.0 Å². The zero-order valence-electron chi connectivity index (χ0n) is 13.3. The van der Waals surface area contributed by atoms with E-state index in [1.807, 2.05) is 25.1 Å². The van der Waals surface area contributed by atoms with Crippen molar-refractivity contribution in [3.63, 3.8) is 0 Å². The molecule has 0 radical (unpaired) electrons. The molecule has 1 aromatic heterocycles. The molecule has 1 heterocycles. The SMILES string of the molecule is C=CCN(CCc1c(C)[nH]c2ccc(OC)cc12)CC(F)(F)F. The van der Waals surface area contributed by atoms with E-state index in [4.69, 9.17) is 4.74 Å². The zero-order chi connectivity index (χ0) is 17.0. The maximum atomic E-state index is 12.6. The number of H-pyrrole nitrogens is 1. The second-order valence-corrected chi connectivity index (χ2v) is 5.53. The van der Waals surface area contributed by atoms with Crippen molar-refractivity contribution in [1.82, 2.24) is 9.88 Å². The van der Waals surface area contributed by atoms with Gasteiger partial charge >= 0.3 is 6.18 Å². The van der Waals surface area contributed by atoms with E-state index in [0.29, 0.717) is 13.0 Å². The normalized spacial score (nSPS) is 12.1. The summed E-state index contributed by atoms with van der Waals surface area (Å²) in [5.74, 6) is 0.732. The van der Waals surface area contributed by atoms with E-state index in [0.717, 1.165) is 27.9 Å². The van der Waals surface area contributed by atoms with Crippen LogP contribution in [0.1, 0.15) is 11.3 Å². The average molecular weight is 326 g/mol. The molecule has 0 aliphatic rings. The van der Waals surface area contributed by atoms with Crippen molar-refractivity contribution in [1.29, 1.82) is 0 Å². The molecule has 0 amide bonds. The minimum absolute atomic E-state index is 0.213. The highest BCUT2D eigenvalue weighted by molar-refractivity contribution is 5.86. The van der Waals surface area contributed by atoms with Crippen LogP contribution in [-0.2, 0) is 6.42 Å². The minimum Gasteiger partial charge on any atom is -0.497 e. The summed E-state index contributed by atoms with van der Waals surface area (Å²) in [4.78, 5) is 4.62. The summed E-state index contributed by atoms with van der Waals surface area (Å²) in [5.41, 5.74) is 2.96. The largest absolute Gasteiger partial charge is 0.497 e. The van der Waals surface area contributed by atoms with Gasteiger partial charge in [0.2, 0.25) is 0 Å². The number of hydrogen-bond donors (Lipinski definition) is 1. The Morgan fingerprint density at radius 2 is 2.09 bits per heavy atom. The van der Waals surface area contributed by atoms with Gasteiger partial charge in [-0.25, -0.2) is 0 Å². The van der Waals surface area contributed by atoms with Crippen molar-refractivity contribution >= 4 is 10.9 Å². The van der Waals surface area contributed by atoms with Gasteiger partial charge in [-0.3, -0.25) is 4.90 Å². The third kappa shape index (κ3) is 4.51. The number of alkyl halides is 3. The molecule has 0 saturated carbocycles. The van der Waals surface area contributed by atoms with Gasteiger partial charge in [-0.1, -0.05) is 6.08 Å². The maximum Gasteiger partial charge on any atom is 0.401 e. The number of nitrogens with zero attached hydrogens (tertiary/aromatic N) is 1. The Labute approximate surface area is 133 Å². The Balaban J connectivity index is 2.19. The smallest absolute Gasteiger partial charge is 0.401 e. The van der Waals surface area contributed by atoms with E-state index in [-0.39, 0.29) is 6.54 Å². The lowest BCUT2D eigenvalue weighted by Gasteiger charge is -2.22. The summed E-state index contributed by atoms with van der Waals surface area (Å²) in [6.45, 7) is 5.07. The predicted molar refractivity (Wildman–Crippen MR) is 86.0 cm³/mol. The number of aromatic nitrogens is 1. The number of aryl methyl sites for hydroxylation is 1. The van der Waals surface area contributed by atoms with Gasteiger partial charge in [-0.05, 0) is 37.1 Å². The molecule has 6 heteroatoms. The Bertz CT molecular complexity index is 676. The Kier molecular flexibility index (Phi) is 5.36. The first-order chi connectivity index (χ1) is 10.8. The van der Waals surface area contributed by atoms with Crippen LogP contribution in [0.5, 0.6) is 5.75 Å². The van der Waals surface area contributed by atoms with Gasteiger partial charge in [0.05, 0.1) is 13.7 Å². The maximum absolute atomic E-state index is 12.6. The molecule has 2 aromatic rings. The monoisotopic (exact) mass is 326 g/mol. The zero-order valence-corrected chi connectivity index (χ0v) is 13.3. The minimum atomic E-state index is -4.21. The van der Waals surface area contributed by atoms with E-state index in [2.05, 4.69) is 11.6 Å². The fourth-order valence-corrected chi connectivity index (χ4v) is 2.75. The van der Waals surface area contributed by atoms with Gasteiger partial charge < -0.3 is 9.72 Å². The van der Waals surface area contributed by atoms with E-state index < -0.39 is 12.7 Å². The molecule has 0 bridgehead atoms. The molecular weight excluding hydrogens is 305 g/mol. The summed E-state index contributed by atoms with van der Waals surface area (Å²) < 4.78 is 43.1. The number of nitrogens with one attached hydrogen (secondary N) is 1. The first-order valence-corrected chi connectivity index (χ1v) is 7.39. The van der Waals surface area contributed by atoms with Crippen LogP contribution >= 0.6 is 0 Å². The first kappa shape index (κ1) is 17.4. The van der Waals surface area contributed by atoms with Crippen molar-refractivity contribution in [3.05, 3.63) is 42.1 Å². The van der Waals surface area contributed by atoms with Gasteiger partial charge in [0.15, 0.2) is 0 Å². The van der Waals surface area contributed by atoms with Gasteiger partial charge in [0.1, 0.15) is 5.75 Å². The molecule has 0 aliphatic carbocycles. The molecule has 1 N–H and O–H groups in total. The lowest BCUT2D eigenvalue weighted by atomic mass is 10.1. The summed E-state index contributed by atoms with van der Waals surface area (Å²) in [5, 5.41) is 0.993. The van der Waals surface area contributed by atoms with Crippen LogP contribution in [0.2, 0.25) is 0 Å². The highest BCUT2D eigenvalue weighted by Gasteiger charge is 2.30. The van der Waals surface area contributed by atoms with Gasteiger partial charge in [0, 0.05) is 29.7 Å². The molecule has 0 spiro atoms. The Morgan fingerprint density at radius 1 is 1.35 bits per heavy atom. The Morgan fingerprint density at radius 3 is 2.70 bits per heavy atom. The number of aromatic amines is 1. The average Bonchev–Trinajstić information content (AvgIpc) is 2.78. The molecule has 23 heavy (non-hydrogen) atoms. The van der Waals surface area contributed by atoms with Crippen LogP contribution in [0.15, 0.2) is 30.9 Å². The van der Waals surface area contributed by atoms with E-state index >= 15 is 0 Å². The van der Waals surface area contributed by atoms with Gasteiger partial charge in [0.25, 0.3) is 0 Å². The van der Waals surface area contributed by atoms with E-state index in [9.17, 15) is 13.2 Å². The highest BCUT2D eigenvalue weighted by atomic mass is 19.4. The lowest BCUT2D eigenvalue weighted by molar-refractivity contribution is -0.144. The van der Waals surface area contributed by atoms with Crippen LogP contribution in [0.4, 0.5) is 13.2 Å². The molecule has 1 aromatic carbocycles. The molecule has 0 saturated heterocycles. The molecule has 126 valence electrons. The summed E-state index contributed by atoms with van der Waals surface area (Å²) in [6.07, 6.45) is -2.18. The van der Waals surface area contributed by atoms with Gasteiger partial charge in [-0.15, -0.1) is 6.58 Å². The van der Waals surface area contributed by atoms with Crippen molar-refractivity contribution < 1.29 is 17.9 Å². The standard InChI is InChI=1S/C17H21F3N2O/c1-4-8-22(11-17(18,19)20)9-7-14-12(2)21-16-6-5-13(23-3)10-15(14)16/h4-6,10,21H,1,7-9,11H2,2-3H3. The van der Waals surface area contributed by atoms with Crippen LogP contribution in [-0.4, -0.2) is 42.8 Å². The van der Waals surface area contributed by atoms with Crippen LogP contribution < -0.4 is 4.74 Å². The molecule has 0 unspecified atom stereocenters. The number of ether oxygens (including phenoxy) is 1. The third-order valence-corrected chi connectivity index (χ3v) is 3.79. The fourth-order valence-electron chi connectivity index (χ4n) is 2.75. The topological polar surface area (TPSA) is 28.3 Å². The third-order valence-electron chi connectivity index (χ3n) is 3.79. The first-order valence-electron chi connectivity index (χ1n) is 7.39. The number of halogens is 3. The molecule has 2 rings (SSSR count). The van der Waals surface area contributed by atoms with Crippen LogP contribution in [0.25, 0.3) is 10.9 Å². The lowest BCUT2D eigenvalue weighted by Crippen LogP contribution is -2.35. The summed E-state index contributed by atoms with van der Waals surface area (Å²) in [7, 11) is 1.59. The Hall–Kier alpha value is -1.95. The van der Waals surface area contributed by atoms with Gasteiger partial charge in [-0.2, -0.15) is 13.2 Å². The van der Waals surface area contributed by atoms with Crippen LogP contribution in [0, 0.1) is 6.92 Å². The number of methoxy groups -OCH3 is 1. The molecule has 0 aliphatic heterocycles. The quantitative estimate of drug-likeness (QED) is 0.777. The number of fused-ring (bicyclic) bond motifs is 1. The van der Waals surface area contributed by atoms with Crippen molar-refractivity contribution in [2.24, 2.45) is 0 Å². The molecule has 0 fully saturated rings. The fraction of sp³-hybridized carbons (Fsp3) is 0.412. The molecule has 0 atom stereocenters. The second kappa shape index (κ2) is 7.08. The second-order valence-electron chi connectivity index (χ2n) is 5.53. The van der Waals surface area contributed by atoms with Crippen molar-refractivity contribution in [3.8, 4) is 5.75 Å². The number of rotatable bonds is 7. The van der Waals surface area contributed by atoms with Crippen LogP contribution in [0.3, 0.4) is 0 Å². The summed E-state index contributed by atoms with van der Waals surface area (Å²) in [6, 6.07) is 5.69.